The van der Waals surface area contributed by atoms with Crippen LogP contribution in [0, 0.1) is 26.7 Å². The Balaban J connectivity index is -0.000000173. The minimum Gasteiger partial charge on any atom is -0.360 e. The Morgan fingerprint density at radius 2 is 1.55 bits per heavy atom. The maximum absolute atomic E-state index is 13.0. The van der Waals surface area contributed by atoms with E-state index in [0.29, 0.717) is 0 Å². The summed E-state index contributed by atoms with van der Waals surface area (Å²) in [7, 11) is 1.50. The fourth-order valence-corrected chi connectivity index (χ4v) is 1.82. The number of terminal acetylenes is 1. The monoisotopic (exact) mass is 431 g/mol. The minimum absolute atomic E-state index is 0.211. The summed E-state index contributed by atoms with van der Waals surface area (Å²) in [5, 5.41) is 2.67. The van der Waals surface area contributed by atoms with Crippen LogP contribution in [0.3, 0.4) is 0 Å². The lowest BCUT2D eigenvalue weighted by molar-refractivity contribution is 0.636. The highest BCUT2D eigenvalue weighted by Crippen LogP contribution is 2.06. The van der Waals surface area contributed by atoms with Gasteiger partial charge >= 0.3 is 0 Å². The Morgan fingerprint density at radius 1 is 1.10 bits per heavy atom. The van der Waals surface area contributed by atoms with E-state index in [-0.39, 0.29) is 5.70 Å². The second-order valence-electron chi connectivity index (χ2n) is 6.54. The van der Waals surface area contributed by atoms with Gasteiger partial charge in [-0.25, -0.2) is 4.39 Å². The van der Waals surface area contributed by atoms with Gasteiger partial charge < -0.3 is 11.1 Å². The van der Waals surface area contributed by atoms with Crippen molar-refractivity contribution in [3.05, 3.63) is 72.0 Å². The van der Waals surface area contributed by atoms with Crippen LogP contribution < -0.4 is 11.1 Å². The number of rotatable bonds is 7. The molecule has 0 saturated heterocycles. The molecule has 0 heterocycles. The molecule has 0 atom stereocenters. The molecule has 3 nitrogen and oxygen atoms in total. The van der Waals surface area contributed by atoms with Crippen LogP contribution in [0.15, 0.2) is 65.8 Å². The zero-order valence-electron chi connectivity index (χ0n) is 21.1. The summed E-state index contributed by atoms with van der Waals surface area (Å²) in [6.07, 6.45) is 18.0. The zero-order valence-corrected chi connectivity index (χ0v) is 21.1. The molecule has 1 aromatic rings. The third-order valence-electron chi connectivity index (χ3n) is 3.28. The molecule has 3 N–H and O–H groups in total. The summed E-state index contributed by atoms with van der Waals surface area (Å²) in [4.78, 5) is 3.81. The zero-order chi connectivity index (χ0) is 25.1. The number of hydrogen-bond acceptors (Lipinski definition) is 3. The number of hydrogen-bond donors (Lipinski definition) is 2. The topological polar surface area (TPSA) is 50.4 Å². The molecule has 0 bridgehead atoms. The molecule has 1 aromatic carbocycles. The van der Waals surface area contributed by atoms with Gasteiger partial charge in [-0.15, -0.1) is 12.8 Å². The van der Waals surface area contributed by atoms with Gasteiger partial charge in [0.1, 0.15) is 0 Å². The van der Waals surface area contributed by atoms with Crippen molar-refractivity contribution in [1.82, 2.24) is 5.32 Å². The number of nitrogens with zero attached hydrogens (tertiary/aromatic N) is 1. The van der Waals surface area contributed by atoms with Crippen LogP contribution in [0.4, 0.5) is 4.39 Å². The number of benzene rings is 1. The first kappa shape index (κ1) is 35.8. The summed E-state index contributed by atoms with van der Waals surface area (Å²) in [5.74, 6) is -0.459. The Labute approximate surface area is 192 Å². The number of unbranched alkanes of at least 4 members (excludes halogenated alkanes) is 3. The lowest BCUT2D eigenvalue weighted by Crippen LogP contribution is -2.03. The molecule has 1 rings (SSSR count). The third-order valence-corrected chi connectivity index (χ3v) is 3.28. The van der Waals surface area contributed by atoms with Gasteiger partial charge in [0.05, 0.1) is 11.9 Å². The van der Waals surface area contributed by atoms with Crippen molar-refractivity contribution in [2.24, 2.45) is 10.7 Å². The van der Waals surface area contributed by atoms with E-state index in [2.05, 4.69) is 87.4 Å². The quantitative estimate of drug-likeness (QED) is 0.202. The fourth-order valence-electron chi connectivity index (χ4n) is 1.82. The van der Waals surface area contributed by atoms with Gasteiger partial charge in [0.15, 0.2) is 5.83 Å². The average Bonchev–Trinajstić information content (AvgIpc) is 2.77. The summed E-state index contributed by atoms with van der Waals surface area (Å²) in [6.45, 7) is 17.6. The van der Waals surface area contributed by atoms with Crippen molar-refractivity contribution in [3.63, 3.8) is 0 Å². The van der Waals surface area contributed by atoms with Gasteiger partial charge in [0.2, 0.25) is 0 Å². The van der Waals surface area contributed by atoms with Gasteiger partial charge in [-0.05, 0) is 47.9 Å². The number of allylic oxidation sites excluding steroid dienone is 2. The molecule has 0 saturated carbocycles. The molecule has 176 valence electrons. The predicted molar refractivity (Wildman–Crippen MR) is 141 cm³/mol. The van der Waals surface area contributed by atoms with Crippen molar-refractivity contribution in [1.29, 1.82) is 0 Å². The summed E-state index contributed by atoms with van der Waals surface area (Å²) >= 11 is 0. The highest BCUT2D eigenvalue weighted by atomic mass is 19.1. The van der Waals surface area contributed by atoms with Crippen molar-refractivity contribution < 1.29 is 4.39 Å². The molecule has 0 aromatic heterocycles. The molecule has 0 aliphatic heterocycles. The first-order chi connectivity index (χ1) is 14.8. The fraction of sp³-hybridized carbons (Fsp3) is 0.444. The second-order valence-corrected chi connectivity index (χ2v) is 6.54. The molecule has 0 fully saturated rings. The van der Waals surface area contributed by atoms with Crippen LogP contribution in [0.2, 0.25) is 0 Å². The van der Waals surface area contributed by atoms with Gasteiger partial charge in [0.25, 0.3) is 0 Å². The number of nitrogens with one attached hydrogen (secondary N) is 1. The maximum Gasteiger partial charge on any atom is 0.164 e. The molecule has 0 amide bonds. The lowest BCUT2D eigenvalue weighted by atomic mass is 10.2. The predicted octanol–water partition coefficient (Wildman–Crippen LogP) is 7.63. The maximum atomic E-state index is 13.0. The number of aryl methyl sites for hydroxylation is 2. The Kier molecular flexibility index (Phi) is 34.1. The number of aliphatic imine (C=N–C) groups is 1. The second kappa shape index (κ2) is 29.6. The van der Waals surface area contributed by atoms with Crippen molar-refractivity contribution >= 4 is 5.71 Å². The molecule has 0 aliphatic carbocycles. The van der Waals surface area contributed by atoms with Gasteiger partial charge in [-0.3, -0.25) is 4.99 Å². The van der Waals surface area contributed by atoms with Crippen molar-refractivity contribution in [2.45, 2.75) is 74.1 Å². The molecular formula is C27H46FN3. The Morgan fingerprint density at radius 3 is 1.84 bits per heavy atom. The third kappa shape index (κ3) is 32.2. The molecular weight excluding hydrogens is 385 g/mol. The Hall–Kier alpha value is -2.64. The summed E-state index contributed by atoms with van der Waals surface area (Å²) in [6, 6.07) is 8.45. The van der Waals surface area contributed by atoms with E-state index in [0.717, 1.165) is 11.9 Å². The average molecular weight is 432 g/mol. The number of halogens is 1. The molecule has 0 unspecified atom stereocenters. The molecule has 0 aliphatic rings. The molecule has 31 heavy (non-hydrogen) atoms. The molecule has 0 spiro atoms. The van der Waals surface area contributed by atoms with Crippen LogP contribution in [0.25, 0.3) is 0 Å². The largest absolute Gasteiger partial charge is 0.360 e. The van der Waals surface area contributed by atoms with E-state index in [9.17, 15) is 4.39 Å². The van der Waals surface area contributed by atoms with E-state index in [1.54, 1.807) is 26.1 Å². The van der Waals surface area contributed by atoms with Gasteiger partial charge in [-0.1, -0.05) is 87.6 Å². The van der Waals surface area contributed by atoms with E-state index < -0.39 is 5.83 Å². The van der Waals surface area contributed by atoms with Gasteiger partial charge in [-0.2, -0.15) is 0 Å². The normalized spacial score (nSPS) is 9.23. The van der Waals surface area contributed by atoms with Crippen molar-refractivity contribution in [3.8, 4) is 12.8 Å². The highest BCUT2D eigenvalue weighted by Gasteiger charge is 1.96. The first-order valence-electron chi connectivity index (χ1n) is 10.7. The minimum atomic E-state index is -0.459. The summed E-state index contributed by atoms with van der Waals surface area (Å²) in [5.41, 5.74) is 8.19. The van der Waals surface area contributed by atoms with Crippen LogP contribution in [-0.4, -0.2) is 12.8 Å². The van der Waals surface area contributed by atoms with E-state index in [1.807, 2.05) is 6.92 Å². The highest BCUT2D eigenvalue weighted by molar-refractivity contribution is 5.79. The SMILES string of the molecule is C#C.C=C(NC=CC)/C(F)=C\N=C(C)C.CCCCCC.CN.Cc1cccc(C)c1. The van der Waals surface area contributed by atoms with Gasteiger partial charge in [0, 0.05) is 5.71 Å². The molecule has 4 heteroatoms. The van der Waals surface area contributed by atoms with E-state index in [1.165, 1.54) is 43.9 Å². The van der Waals surface area contributed by atoms with Crippen molar-refractivity contribution in [2.75, 3.05) is 7.05 Å². The standard InChI is InChI=1S/C10H15FN2.C8H10.C6H14.C2H2.CH5N/c1-5-6-12-9(4)10(11)7-13-8(2)3;1-7-4-3-5-8(2)6-7;1-3-5-6-4-2;2*1-2/h5-7,12H,4H2,1-3H3;3-6H,1-2H3;3-6H2,1-2H3;1-2H;2H2,1H3/b6-5?,10-7+;;;;. The van der Waals surface area contributed by atoms with E-state index >= 15 is 0 Å². The molecule has 0 radical (unpaired) electrons. The van der Waals surface area contributed by atoms with E-state index in [4.69, 9.17) is 0 Å². The van der Waals surface area contributed by atoms with Crippen LogP contribution in [-0.2, 0) is 0 Å². The Bertz CT molecular complexity index is 616. The number of nitrogens with two attached hydrogens (primary N) is 1. The lowest BCUT2D eigenvalue weighted by Gasteiger charge is -2.00. The van der Waals surface area contributed by atoms with Crippen LogP contribution in [0.1, 0.15) is 71.4 Å². The van der Waals surface area contributed by atoms with Crippen LogP contribution >= 0.6 is 0 Å². The van der Waals surface area contributed by atoms with Crippen LogP contribution in [0.5, 0.6) is 0 Å². The smallest absolute Gasteiger partial charge is 0.164 e. The first-order valence-corrected chi connectivity index (χ1v) is 10.7. The summed E-state index contributed by atoms with van der Waals surface area (Å²) < 4.78 is 13.0.